The molecule has 0 aromatic heterocycles. The summed E-state index contributed by atoms with van der Waals surface area (Å²) < 4.78 is 10.5. The number of ether oxygens (including phenoxy) is 2. The van der Waals surface area contributed by atoms with Crippen molar-refractivity contribution in [3.63, 3.8) is 0 Å². The van der Waals surface area contributed by atoms with Crippen molar-refractivity contribution in [1.29, 1.82) is 0 Å². The fraction of sp³-hybridized carbons (Fsp3) is 1.00. The first-order valence-electron chi connectivity index (χ1n) is 3.55. The van der Waals surface area contributed by atoms with E-state index in [0.29, 0.717) is 19.1 Å². The summed E-state index contributed by atoms with van der Waals surface area (Å²) in [7, 11) is 0. The van der Waals surface area contributed by atoms with E-state index in [9.17, 15) is 0 Å². The molecule has 10 heavy (non-hydrogen) atoms. The van der Waals surface area contributed by atoms with Crippen LogP contribution in [0.2, 0.25) is 0 Å². The van der Waals surface area contributed by atoms with E-state index in [1.165, 1.54) is 0 Å². The van der Waals surface area contributed by atoms with Crippen molar-refractivity contribution in [2.45, 2.75) is 19.6 Å². The Hall–Kier alpha value is -0.120. The maximum absolute atomic E-state index is 8.79. The zero-order valence-electron chi connectivity index (χ0n) is 6.46. The molecular formula is C7H14O3. The zero-order valence-corrected chi connectivity index (χ0v) is 6.46. The summed E-state index contributed by atoms with van der Waals surface area (Å²) in [5.41, 5.74) is 0. The number of aliphatic hydroxyl groups excluding tert-OH is 1. The Morgan fingerprint density at radius 1 is 1.50 bits per heavy atom. The van der Waals surface area contributed by atoms with E-state index in [1.54, 1.807) is 6.92 Å². The van der Waals surface area contributed by atoms with Gasteiger partial charge in [0.15, 0.2) is 5.79 Å². The molecule has 1 aliphatic rings. The van der Waals surface area contributed by atoms with Crippen molar-refractivity contribution >= 4 is 0 Å². The van der Waals surface area contributed by atoms with Gasteiger partial charge in [0.2, 0.25) is 0 Å². The van der Waals surface area contributed by atoms with E-state index in [1.807, 2.05) is 0 Å². The second-order valence-electron chi connectivity index (χ2n) is 3.02. The molecular weight excluding hydrogens is 132 g/mol. The van der Waals surface area contributed by atoms with E-state index in [2.05, 4.69) is 6.92 Å². The van der Waals surface area contributed by atoms with Gasteiger partial charge in [-0.15, -0.1) is 0 Å². The van der Waals surface area contributed by atoms with Gasteiger partial charge in [0.1, 0.15) is 0 Å². The quantitative estimate of drug-likeness (QED) is 0.581. The average molecular weight is 146 g/mol. The normalized spacial score (nSPS) is 41.7. The molecule has 0 aliphatic carbocycles. The third-order valence-corrected chi connectivity index (χ3v) is 1.63. The third kappa shape index (κ3) is 1.68. The number of aliphatic hydroxyl groups is 1. The highest BCUT2D eigenvalue weighted by Gasteiger charge is 2.30. The molecule has 0 aromatic rings. The highest BCUT2D eigenvalue weighted by molar-refractivity contribution is 4.67. The second-order valence-corrected chi connectivity index (χ2v) is 3.02. The molecule has 0 radical (unpaired) electrons. The van der Waals surface area contributed by atoms with Crippen LogP contribution in [0.3, 0.4) is 0 Å². The van der Waals surface area contributed by atoms with Crippen LogP contribution < -0.4 is 0 Å². The lowest BCUT2D eigenvalue weighted by Gasteiger charge is -2.34. The fourth-order valence-electron chi connectivity index (χ4n) is 0.818. The Morgan fingerprint density at radius 2 is 2.00 bits per heavy atom. The Labute approximate surface area is 60.9 Å². The topological polar surface area (TPSA) is 38.7 Å². The molecule has 3 heteroatoms. The first-order chi connectivity index (χ1) is 4.66. The monoisotopic (exact) mass is 146 g/mol. The van der Waals surface area contributed by atoms with Gasteiger partial charge < -0.3 is 14.6 Å². The molecule has 1 fully saturated rings. The standard InChI is InChI=1S/C7H14O3/c1-6-3-9-7(2,5-8)10-4-6/h6,8H,3-5H2,1-2H3. The lowest BCUT2D eigenvalue weighted by Crippen LogP contribution is -2.43. The molecule has 0 unspecified atom stereocenters. The molecule has 60 valence electrons. The van der Waals surface area contributed by atoms with Crippen molar-refractivity contribution in [2.75, 3.05) is 19.8 Å². The van der Waals surface area contributed by atoms with Gasteiger partial charge in [-0.2, -0.15) is 0 Å². The summed E-state index contributed by atoms with van der Waals surface area (Å²) in [6.45, 7) is 5.09. The molecule has 1 rings (SSSR count). The number of hydrogen-bond donors (Lipinski definition) is 1. The Kier molecular flexibility index (Phi) is 2.28. The first kappa shape index (κ1) is 7.98. The van der Waals surface area contributed by atoms with Crippen LogP contribution in [-0.4, -0.2) is 30.7 Å². The van der Waals surface area contributed by atoms with E-state index in [0.717, 1.165) is 0 Å². The van der Waals surface area contributed by atoms with Gasteiger partial charge >= 0.3 is 0 Å². The van der Waals surface area contributed by atoms with Crippen molar-refractivity contribution in [1.82, 2.24) is 0 Å². The Balaban J connectivity index is 2.38. The molecule has 0 atom stereocenters. The van der Waals surface area contributed by atoms with Crippen LogP contribution in [0.4, 0.5) is 0 Å². The lowest BCUT2D eigenvalue weighted by atomic mass is 10.2. The minimum Gasteiger partial charge on any atom is -0.391 e. The molecule has 1 heterocycles. The molecule has 3 nitrogen and oxygen atoms in total. The maximum atomic E-state index is 8.79. The Morgan fingerprint density at radius 3 is 2.40 bits per heavy atom. The van der Waals surface area contributed by atoms with E-state index >= 15 is 0 Å². The molecule has 0 aromatic carbocycles. The van der Waals surface area contributed by atoms with Gasteiger partial charge in [-0.05, 0) is 6.92 Å². The van der Waals surface area contributed by atoms with Crippen LogP contribution in [0, 0.1) is 5.92 Å². The van der Waals surface area contributed by atoms with E-state index < -0.39 is 5.79 Å². The van der Waals surface area contributed by atoms with Crippen molar-refractivity contribution in [3.8, 4) is 0 Å². The Bertz CT molecular complexity index is 105. The zero-order chi connectivity index (χ0) is 7.61. The van der Waals surface area contributed by atoms with Crippen LogP contribution in [0.15, 0.2) is 0 Å². The van der Waals surface area contributed by atoms with E-state index in [-0.39, 0.29) is 6.61 Å². The summed E-state index contributed by atoms with van der Waals surface area (Å²) in [5, 5.41) is 8.79. The predicted octanol–water partition coefficient (Wildman–Crippen LogP) is 0.378. The molecule has 0 spiro atoms. The summed E-state index contributed by atoms with van der Waals surface area (Å²) in [6.07, 6.45) is 0. The van der Waals surface area contributed by atoms with Crippen molar-refractivity contribution < 1.29 is 14.6 Å². The number of hydrogen-bond acceptors (Lipinski definition) is 3. The van der Waals surface area contributed by atoms with Gasteiger partial charge in [0.25, 0.3) is 0 Å². The average Bonchev–Trinajstić information content (AvgIpc) is 1.96. The largest absolute Gasteiger partial charge is 0.391 e. The van der Waals surface area contributed by atoms with Gasteiger partial charge in [0, 0.05) is 5.92 Å². The molecule has 0 bridgehead atoms. The van der Waals surface area contributed by atoms with E-state index in [4.69, 9.17) is 14.6 Å². The van der Waals surface area contributed by atoms with Gasteiger partial charge in [-0.1, -0.05) is 6.92 Å². The minimum absolute atomic E-state index is 0.0697. The van der Waals surface area contributed by atoms with Crippen molar-refractivity contribution in [3.05, 3.63) is 0 Å². The summed E-state index contributed by atoms with van der Waals surface area (Å²) in [6, 6.07) is 0. The fourth-order valence-corrected chi connectivity index (χ4v) is 0.818. The molecule has 0 amide bonds. The van der Waals surface area contributed by atoms with Gasteiger partial charge in [-0.25, -0.2) is 0 Å². The highest BCUT2D eigenvalue weighted by Crippen LogP contribution is 2.19. The van der Waals surface area contributed by atoms with Crippen molar-refractivity contribution in [2.24, 2.45) is 5.92 Å². The van der Waals surface area contributed by atoms with Gasteiger partial charge in [0.05, 0.1) is 19.8 Å². The lowest BCUT2D eigenvalue weighted by molar-refractivity contribution is -0.284. The van der Waals surface area contributed by atoms with Crippen LogP contribution in [-0.2, 0) is 9.47 Å². The summed E-state index contributed by atoms with van der Waals surface area (Å²) >= 11 is 0. The van der Waals surface area contributed by atoms with Crippen LogP contribution >= 0.6 is 0 Å². The summed E-state index contributed by atoms with van der Waals surface area (Å²) in [5.74, 6) is -0.299. The third-order valence-electron chi connectivity index (χ3n) is 1.63. The van der Waals surface area contributed by atoms with Crippen LogP contribution in [0.5, 0.6) is 0 Å². The molecule has 1 saturated heterocycles. The number of rotatable bonds is 1. The minimum atomic E-state index is -0.744. The first-order valence-corrected chi connectivity index (χ1v) is 3.55. The second kappa shape index (κ2) is 2.86. The highest BCUT2D eigenvalue weighted by atomic mass is 16.7. The smallest absolute Gasteiger partial charge is 0.188 e. The van der Waals surface area contributed by atoms with Gasteiger partial charge in [-0.3, -0.25) is 0 Å². The van der Waals surface area contributed by atoms with Crippen LogP contribution in [0.25, 0.3) is 0 Å². The summed E-state index contributed by atoms with van der Waals surface area (Å²) in [4.78, 5) is 0. The maximum Gasteiger partial charge on any atom is 0.188 e. The molecule has 0 saturated carbocycles. The predicted molar refractivity (Wildman–Crippen MR) is 36.6 cm³/mol. The SMILES string of the molecule is CC1COC(C)(CO)OC1. The molecule has 1 N–H and O–H groups in total. The molecule has 1 aliphatic heterocycles. The van der Waals surface area contributed by atoms with Crippen LogP contribution in [0.1, 0.15) is 13.8 Å².